The van der Waals surface area contributed by atoms with Crippen LogP contribution in [0.25, 0.3) is 0 Å². The van der Waals surface area contributed by atoms with E-state index in [9.17, 15) is 4.79 Å². The van der Waals surface area contributed by atoms with Crippen LogP contribution in [-0.4, -0.2) is 34.4 Å². The van der Waals surface area contributed by atoms with Crippen LogP contribution in [0.4, 0.5) is 4.79 Å². The summed E-state index contributed by atoms with van der Waals surface area (Å²) < 4.78 is 11.2. The number of halogens is 1. The molecule has 0 aromatic rings. The van der Waals surface area contributed by atoms with Crippen LogP contribution in [0.3, 0.4) is 0 Å². The van der Waals surface area contributed by atoms with E-state index < -0.39 is 5.60 Å². The van der Waals surface area contributed by atoms with Gasteiger partial charge >= 0.3 is 6.09 Å². The van der Waals surface area contributed by atoms with Crippen molar-refractivity contribution < 1.29 is 14.3 Å². The molecule has 0 aromatic heterocycles. The molecule has 1 saturated heterocycles. The molecular weight excluding hydrogens is 345 g/mol. The van der Waals surface area contributed by atoms with Gasteiger partial charge in [-0.15, -0.1) is 0 Å². The summed E-state index contributed by atoms with van der Waals surface area (Å²) in [5.41, 5.74) is -0.457. The standard InChI is InChI=1S/C13H24INO3/c1-8(9(2)14)6-10(11-7-17-11)15-12(16)18-13(3,4)5/h8-11H,6-7H2,1-5H3,(H,15,16)/t8?,9-,10-,11-/m0/s1. The zero-order valence-corrected chi connectivity index (χ0v) is 14.0. The van der Waals surface area contributed by atoms with E-state index in [1.165, 1.54) is 0 Å². The largest absolute Gasteiger partial charge is 0.444 e. The van der Waals surface area contributed by atoms with Gasteiger partial charge in [-0.25, -0.2) is 4.79 Å². The summed E-state index contributed by atoms with van der Waals surface area (Å²) in [5.74, 6) is 0.537. The number of carbonyl (C=O) groups is 1. The number of nitrogens with one attached hydrogen (secondary N) is 1. The van der Waals surface area contributed by atoms with Crippen LogP contribution in [0.5, 0.6) is 0 Å². The van der Waals surface area contributed by atoms with Crippen LogP contribution in [-0.2, 0) is 9.47 Å². The molecule has 1 aliphatic rings. The first-order chi connectivity index (χ1) is 8.19. The first-order valence-corrected chi connectivity index (χ1v) is 7.69. The molecule has 4 atom stereocenters. The number of alkyl carbamates (subject to hydrolysis) is 1. The van der Waals surface area contributed by atoms with E-state index in [0.717, 1.165) is 13.0 Å². The lowest BCUT2D eigenvalue weighted by Gasteiger charge is -2.25. The van der Waals surface area contributed by atoms with Crippen molar-refractivity contribution in [2.24, 2.45) is 5.92 Å². The van der Waals surface area contributed by atoms with Gasteiger partial charge in [-0.05, 0) is 33.1 Å². The second kappa shape index (κ2) is 6.41. The fourth-order valence-electron chi connectivity index (χ4n) is 1.64. The van der Waals surface area contributed by atoms with Crippen molar-refractivity contribution in [2.75, 3.05) is 6.61 Å². The minimum Gasteiger partial charge on any atom is -0.444 e. The van der Waals surface area contributed by atoms with Gasteiger partial charge in [-0.2, -0.15) is 0 Å². The molecule has 1 aliphatic heterocycles. The molecule has 1 N–H and O–H groups in total. The Morgan fingerprint density at radius 2 is 2.06 bits per heavy atom. The third kappa shape index (κ3) is 6.22. The topological polar surface area (TPSA) is 50.9 Å². The number of amides is 1. The van der Waals surface area contributed by atoms with Gasteiger partial charge in [0, 0.05) is 3.92 Å². The average Bonchev–Trinajstić information content (AvgIpc) is 2.95. The van der Waals surface area contributed by atoms with Gasteiger partial charge in [-0.3, -0.25) is 0 Å². The number of carbonyl (C=O) groups excluding carboxylic acids is 1. The Labute approximate surface area is 123 Å². The van der Waals surface area contributed by atoms with Gasteiger partial charge < -0.3 is 14.8 Å². The van der Waals surface area contributed by atoms with E-state index in [1.54, 1.807) is 0 Å². The van der Waals surface area contributed by atoms with Crippen LogP contribution in [0.2, 0.25) is 0 Å². The Balaban J connectivity index is 2.45. The Hall–Kier alpha value is -0.0400. The number of rotatable bonds is 5. The molecule has 5 heteroatoms. The normalized spacial score (nSPS) is 24.0. The molecule has 18 heavy (non-hydrogen) atoms. The Morgan fingerprint density at radius 3 is 2.44 bits per heavy atom. The lowest BCUT2D eigenvalue weighted by atomic mass is 9.97. The average molecular weight is 369 g/mol. The summed E-state index contributed by atoms with van der Waals surface area (Å²) in [6.07, 6.45) is 0.736. The van der Waals surface area contributed by atoms with Gasteiger partial charge in [-0.1, -0.05) is 36.4 Å². The van der Waals surface area contributed by atoms with Gasteiger partial charge in [0.2, 0.25) is 0 Å². The summed E-state index contributed by atoms with van der Waals surface area (Å²) in [7, 11) is 0. The van der Waals surface area contributed by atoms with Gasteiger partial charge in [0.1, 0.15) is 11.7 Å². The first kappa shape index (κ1) is 16.0. The molecule has 0 saturated carbocycles. The number of ether oxygens (including phenoxy) is 2. The minimum atomic E-state index is -0.457. The molecule has 0 aliphatic carbocycles. The third-order valence-corrected chi connectivity index (χ3v) is 4.15. The van der Waals surface area contributed by atoms with E-state index in [1.807, 2.05) is 20.8 Å². The van der Waals surface area contributed by atoms with Crippen molar-refractivity contribution in [3.8, 4) is 0 Å². The molecule has 1 unspecified atom stereocenters. The Bertz CT molecular complexity index is 284. The summed E-state index contributed by atoms with van der Waals surface area (Å²) in [6, 6.07) is 0.0621. The fraction of sp³-hybridized carbons (Fsp3) is 0.923. The first-order valence-electron chi connectivity index (χ1n) is 6.44. The van der Waals surface area contributed by atoms with E-state index in [4.69, 9.17) is 9.47 Å². The van der Waals surface area contributed by atoms with E-state index in [0.29, 0.717) is 9.84 Å². The second-order valence-corrected chi connectivity index (χ2v) is 7.98. The Morgan fingerprint density at radius 1 is 1.50 bits per heavy atom. The van der Waals surface area contributed by atoms with Crippen molar-refractivity contribution >= 4 is 28.7 Å². The zero-order valence-electron chi connectivity index (χ0n) is 11.8. The highest BCUT2D eigenvalue weighted by Gasteiger charge is 2.36. The number of hydrogen-bond donors (Lipinski definition) is 1. The highest BCUT2D eigenvalue weighted by Crippen LogP contribution is 2.24. The summed E-state index contributed by atoms with van der Waals surface area (Å²) >= 11 is 2.42. The molecule has 1 heterocycles. The predicted molar refractivity (Wildman–Crippen MR) is 80.2 cm³/mol. The fourth-order valence-corrected chi connectivity index (χ4v) is 1.93. The van der Waals surface area contributed by atoms with Crippen molar-refractivity contribution in [1.82, 2.24) is 5.32 Å². The molecule has 0 spiro atoms. The predicted octanol–water partition coefficient (Wildman–Crippen LogP) is 3.13. The highest BCUT2D eigenvalue weighted by atomic mass is 127. The van der Waals surface area contributed by atoms with Gasteiger partial charge in [0.05, 0.1) is 12.6 Å². The molecule has 1 rings (SSSR count). The van der Waals surface area contributed by atoms with E-state index in [-0.39, 0.29) is 18.2 Å². The molecule has 0 radical (unpaired) electrons. The third-order valence-electron chi connectivity index (χ3n) is 2.92. The lowest BCUT2D eigenvalue weighted by molar-refractivity contribution is 0.0487. The van der Waals surface area contributed by atoms with E-state index >= 15 is 0 Å². The Kier molecular flexibility index (Phi) is 5.70. The second-order valence-electron chi connectivity index (χ2n) is 6.02. The molecule has 0 aromatic carbocycles. The van der Waals surface area contributed by atoms with Crippen LogP contribution < -0.4 is 5.32 Å². The maximum atomic E-state index is 11.8. The van der Waals surface area contributed by atoms with Crippen molar-refractivity contribution in [2.45, 2.75) is 62.7 Å². The molecular formula is C13H24INO3. The monoisotopic (exact) mass is 369 g/mol. The zero-order chi connectivity index (χ0) is 13.9. The summed E-state index contributed by atoms with van der Waals surface area (Å²) in [5, 5.41) is 2.93. The van der Waals surface area contributed by atoms with Crippen LogP contribution in [0.1, 0.15) is 41.0 Å². The molecule has 4 nitrogen and oxygen atoms in total. The molecule has 0 bridgehead atoms. The summed E-state index contributed by atoms with van der Waals surface area (Å²) in [6.45, 7) is 10.7. The SMILES string of the molecule is CC(C[C@H](NC(=O)OC(C)(C)C)[C@@H]1CO1)[C@H](C)I. The van der Waals surface area contributed by atoms with Crippen molar-refractivity contribution in [3.63, 3.8) is 0 Å². The molecule has 1 amide bonds. The quantitative estimate of drug-likeness (QED) is 0.460. The maximum absolute atomic E-state index is 11.8. The number of epoxide rings is 1. The smallest absolute Gasteiger partial charge is 0.407 e. The number of hydrogen-bond acceptors (Lipinski definition) is 3. The maximum Gasteiger partial charge on any atom is 0.407 e. The molecule has 106 valence electrons. The van der Waals surface area contributed by atoms with E-state index in [2.05, 4.69) is 41.8 Å². The highest BCUT2D eigenvalue weighted by molar-refractivity contribution is 14.1. The van der Waals surface area contributed by atoms with Crippen LogP contribution in [0, 0.1) is 5.92 Å². The minimum absolute atomic E-state index is 0.0621. The van der Waals surface area contributed by atoms with Crippen LogP contribution >= 0.6 is 22.6 Å². The van der Waals surface area contributed by atoms with Crippen molar-refractivity contribution in [3.05, 3.63) is 0 Å². The van der Waals surface area contributed by atoms with Gasteiger partial charge in [0.25, 0.3) is 0 Å². The van der Waals surface area contributed by atoms with Crippen molar-refractivity contribution in [1.29, 1.82) is 0 Å². The van der Waals surface area contributed by atoms with Gasteiger partial charge in [0.15, 0.2) is 0 Å². The number of alkyl halides is 1. The molecule has 1 fully saturated rings. The lowest BCUT2D eigenvalue weighted by Crippen LogP contribution is -2.43. The summed E-state index contributed by atoms with van der Waals surface area (Å²) in [4.78, 5) is 11.8. The van der Waals surface area contributed by atoms with Crippen LogP contribution in [0.15, 0.2) is 0 Å².